The average Bonchev–Trinajstić information content (AvgIpc) is 2.72. The Balaban J connectivity index is 2.27. The number of benzene rings is 1. The van der Waals surface area contributed by atoms with Crippen LogP contribution in [0.1, 0.15) is 25.3 Å². The Hall–Kier alpha value is -1.49. The van der Waals surface area contributed by atoms with E-state index in [1.807, 2.05) is 0 Å². The average molecular weight is 266 g/mol. The normalized spacial score (nSPS) is 19.6. The summed E-state index contributed by atoms with van der Waals surface area (Å²) in [6.45, 7) is 0. The number of allylic oxidation sites excluding steroid dienone is 2. The van der Waals surface area contributed by atoms with E-state index in [-0.39, 0.29) is 11.6 Å². The molecule has 1 unspecified atom stereocenters. The van der Waals surface area contributed by atoms with Crippen LogP contribution in [0, 0.1) is 16.4 Å². The first kappa shape index (κ1) is 11.6. The Kier molecular flexibility index (Phi) is 2.78. The fourth-order valence-electron chi connectivity index (χ4n) is 2.51. The smallest absolute Gasteiger partial charge is 0.184 e. The molecule has 1 atom stereocenters. The Morgan fingerprint density at radius 1 is 1.28 bits per heavy atom. The van der Waals surface area contributed by atoms with Gasteiger partial charge in [0, 0.05) is 6.04 Å². The van der Waals surface area contributed by atoms with Crippen LogP contribution in [0.4, 0.5) is 8.78 Å². The monoisotopic (exact) mass is 266 g/mol. The molecule has 0 aliphatic heterocycles. The number of aromatic amines is 1. The molecule has 1 N–H and O–H groups in total. The number of hydrogen-bond donors (Lipinski definition) is 1. The van der Waals surface area contributed by atoms with Crippen molar-refractivity contribution in [3.05, 3.63) is 40.7 Å². The molecule has 18 heavy (non-hydrogen) atoms. The van der Waals surface area contributed by atoms with E-state index in [1.54, 1.807) is 4.57 Å². The minimum absolute atomic E-state index is 0.104. The molecule has 2 aromatic rings. The van der Waals surface area contributed by atoms with E-state index >= 15 is 0 Å². The third kappa shape index (κ3) is 1.70. The molecule has 1 aromatic carbocycles. The van der Waals surface area contributed by atoms with Crippen molar-refractivity contribution < 1.29 is 8.78 Å². The minimum atomic E-state index is -0.836. The van der Waals surface area contributed by atoms with Crippen molar-refractivity contribution in [2.75, 3.05) is 0 Å². The highest BCUT2D eigenvalue weighted by Gasteiger charge is 2.20. The van der Waals surface area contributed by atoms with E-state index in [0.717, 1.165) is 25.3 Å². The second-order valence-electron chi connectivity index (χ2n) is 4.50. The number of aromatic nitrogens is 2. The van der Waals surface area contributed by atoms with E-state index < -0.39 is 11.6 Å². The van der Waals surface area contributed by atoms with Crippen molar-refractivity contribution in [2.45, 2.75) is 25.3 Å². The molecule has 0 amide bonds. The molecule has 1 aliphatic carbocycles. The molecular formula is C13H12F2N2S. The highest BCUT2D eigenvalue weighted by molar-refractivity contribution is 7.71. The van der Waals surface area contributed by atoms with Crippen molar-refractivity contribution in [3.8, 4) is 0 Å². The van der Waals surface area contributed by atoms with Crippen LogP contribution < -0.4 is 0 Å². The highest BCUT2D eigenvalue weighted by Crippen LogP contribution is 2.30. The number of rotatable bonds is 1. The van der Waals surface area contributed by atoms with E-state index in [9.17, 15) is 8.78 Å². The lowest BCUT2D eigenvalue weighted by Crippen LogP contribution is -2.11. The number of hydrogen-bond acceptors (Lipinski definition) is 1. The van der Waals surface area contributed by atoms with Crippen molar-refractivity contribution in [1.29, 1.82) is 0 Å². The van der Waals surface area contributed by atoms with Gasteiger partial charge in [-0.2, -0.15) is 0 Å². The Morgan fingerprint density at radius 3 is 2.83 bits per heavy atom. The van der Waals surface area contributed by atoms with Gasteiger partial charge < -0.3 is 9.55 Å². The molecule has 1 aliphatic rings. The van der Waals surface area contributed by atoms with Crippen molar-refractivity contribution in [1.82, 2.24) is 9.55 Å². The van der Waals surface area contributed by atoms with Gasteiger partial charge in [-0.15, -0.1) is 0 Å². The summed E-state index contributed by atoms with van der Waals surface area (Å²) in [5, 5.41) is 0. The molecule has 0 spiro atoms. The first-order valence-electron chi connectivity index (χ1n) is 5.91. The fraction of sp³-hybridized carbons (Fsp3) is 0.308. The van der Waals surface area contributed by atoms with E-state index in [1.165, 1.54) is 6.07 Å². The first-order chi connectivity index (χ1) is 8.68. The SMILES string of the molecule is Fc1ccc2[nH]c(=S)n(C3CC=CCC3)c2c1F. The van der Waals surface area contributed by atoms with Crippen molar-refractivity contribution >= 4 is 23.3 Å². The fourth-order valence-corrected chi connectivity index (χ4v) is 2.86. The second kappa shape index (κ2) is 4.31. The number of halogens is 2. The number of imidazole rings is 1. The summed E-state index contributed by atoms with van der Waals surface area (Å²) in [6.07, 6.45) is 6.80. The zero-order valence-corrected chi connectivity index (χ0v) is 10.4. The topological polar surface area (TPSA) is 20.7 Å². The third-order valence-electron chi connectivity index (χ3n) is 3.38. The third-order valence-corrected chi connectivity index (χ3v) is 3.68. The lowest BCUT2D eigenvalue weighted by Gasteiger charge is -2.20. The molecule has 1 aromatic heterocycles. The Bertz CT molecular complexity index is 684. The summed E-state index contributed by atoms with van der Waals surface area (Å²) in [5.41, 5.74) is 0.800. The molecule has 0 saturated heterocycles. The van der Waals surface area contributed by atoms with Crippen LogP contribution in [0.2, 0.25) is 0 Å². The number of fused-ring (bicyclic) bond motifs is 1. The minimum Gasteiger partial charge on any atom is -0.330 e. The van der Waals surface area contributed by atoms with Gasteiger partial charge in [-0.1, -0.05) is 12.2 Å². The standard InChI is InChI=1S/C13H12F2N2S/c14-9-6-7-10-12(11(9)15)17(13(18)16-10)8-4-2-1-3-5-8/h1-2,6-8H,3-5H2,(H,16,18). The Morgan fingerprint density at radius 2 is 2.11 bits per heavy atom. The summed E-state index contributed by atoms with van der Waals surface area (Å²) in [5.74, 6) is -1.66. The summed E-state index contributed by atoms with van der Waals surface area (Å²) < 4.78 is 29.5. The lowest BCUT2D eigenvalue weighted by molar-refractivity contribution is 0.455. The highest BCUT2D eigenvalue weighted by atomic mass is 32.1. The predicted octanol–water partition coefficient (Wildman–Crippen LogP) is 4.26. The van der Waals surface area contributed by atoms with Gasteiger partial charge in [0.2, 0.25) is 0 Å². The maximum atomic E-state index is 13.9. The van der Waals surface area contributed by atoms with Crippen LogP contribution in [0.15, 0.2) is 24.3 Å². The molecule has 0 bridgehead atoms. The van der Waals surface area contributed by atoms with Crippen LogP contribution in [0.5, 0.6) is 0 Å². The maximum Gasteiger partial charge on any atom is 0.184 e. The quantitative estimate of drug-likeness (QED) is 0.604. The second-order valence-corrected chi connectivity index (χ2v) is 4.88. The molecule has 1 heterocycles. The zero-order valence-electron chi connectivity index (χ0n) is 9.62. The van der Waals surface area contributed by atoms with E-state index in [4.69, 9.17) is 12.2 Å². The molecule has 2 nitrogen and oxygen atoms in total. The largest absolute Gasteiger partial charge is 0.330 e. The Labute approximate surface area is 108 Å². The number of nitrogens with zero attached hydrogens (tertiary/aromatic N) is 1. The van der Waals surface area contributed by atoms with Gasteiger partial charge in [0.25, 0.3) is 0 Å². The van der Waals surface area contributed by atoms with Gasteiger partial charge in [-0.3, -0.25) is 0 Å². The van der Waals surface area contributed by atoms with Crippen molar-refractivity contribution in [2.24, 2.45) is 0 Å². The van der Waals surface area contributed by atoms with Crippen LogP contribution in [-0.4, -0.2) is 9.55 Å². The summed E-state index contributed by atoms with van der Waals surface area (Å²) >= 11 is 5.23. The maximum absolute atomic E-state index is 13.9. The predicted molar refractivity (Wildman–Crippen MR) is 69.1 cm³/mol. The molecule has 5 heteroatoms. The van der Waals surface area contributed by atoms with E-state index in [0.29, 0.717) is 10.3 Å². The molecule has 3 rings (SSSR count). The summed E-state index contributed by atoms with van der Waals surface area (Å²) in [7, 11) is 0. The number of nitrogens with one attached hydrogen (secondary N) is 1. The van der Waals surface area contributed by atoms with Gasteiger partial charge in [0.15, 0.2) is 16.4 Å². The van der Waals surface area contributed by atoms with Crippen molar-refractivity contribution in [3.63, 3.8) is 0 Å². The summed E-state index contributed by atoms with van der Waals surface area (Å²) in [4.78, 5) is 2.94. The first-order valence-corrected chi connectivity index (χ1v) is 6.32. The van der Waals surface area contributed by atoms with E-state index in [2.05, 4.69) is 17.1 Å². The zero-order chi connectivity index (χ0) is 12.7. The van der Waals surface area contributed by atoms with Crippen LogP contribution in [0.25, 0.3) is 11.0 Å². The van der Waals surface area contributed by atoms with Gasteiger partial charge in [0.1, 0.15) is 5.52 Å². The summed E-state index contributed by atoms with van der Waals surface area (Å²) in [6, 6.07) is 2.75. The van der Waals surface area contributed by atoms with Crippen LogP contribution in [0.3, 0.4) is 0 Å². The van der Waals surface area contributed by atoms with Crippen LogP contribution in [-0.2, 0) is 0 Å². The van der Waals surface area contributed by atoms with Gasteiger partial charge >= 0.3 is 0 Å². The van der Waals surface area contributed by atoms with Crippen LogP contribution >= 0.6 is 12.2 Å². The lowest BCUT2D eigenvalue weighted by atomic mass is 10.0. The van der Waals surface area contributed by atoms with Gasteiger partial charge in [-0.05, 0) is 43.6 Å². The molecular weight excluding hydrogens is 254 g/mol. The van der Waals surface area contributed by atoms with Gasteiger partial charge in [-0.25, -0.2) is 8.78 Å². The molecule has 0 saturated carbocycles. The van der Waals surface area contributed by atoms with Gasteiger partial charge in [0.05, 0.1) is 5.52 Å². The number of H-pyrrole nitrogens is 1. The molecule has 94 valence electrons. The molecule has 0 radical (unpaired) electrons. The molecule has 0 fully saturated rings.